The molecule has 0 saturated heterocycles. The van der Waals surface area contributed by atoms with Gasteiger partial charge in [0.15, 0.2) is 9.84 Å². The summed E-state index contributed by atoms with van der Waals surface area (Å²) in [5.41, 5.74) is 4.14. The lowest BCUT2D eigenvalue weighted by Gasteiger charge is -2.23. The molecule has 6 nitrogen and oxygen atoms in total. The molecule has 0 atom stereocenters. The smallest absolute Gasteiger partial charge is 0.335 e. The van der Waals surface area contributed by atoms with Gasteiger partial charge in [-0.2, -0.15) is 0 Å². The highest BCUT2D eigenvalue weighted by atomic mass is 32.2. The van der Waals surface area contributed by atoms with Gasteiger partial charge in [-0.25, -0.2) is 13.2 Å². The molecule has 22 heavy (non-hydrogen) atoms. The summed E-state index contributed by atoms with van der Waals surface area (Å²) in [5.74, 6) is 0.977. The molecule has 2 rings (SSSR count). The minimum Gasteiger partial charge on any atom is -0.478 e. The molecule has 0 aromatic heterocycles. The maximum absolute atomic E-state index is 12.3. The highest BCUT2D eigenvalue weighted by Crippen LogP contribution is 2.35. The number of carbonyl (C=O) groups is 1. The van der Waals surface area contributed by atoms with Crippen LogP contribution in [0.3, 0.4) is 0 Å². The van der Waals surface area contributed by atoms with Crippen LogP contribution in [-0.4, -0.2) is 31.9 Å². The van der Waals surface area contributed by atoms with Crippen molar-refractivity contribution in [3.63, 3.8) is 0 Å². The Labute approximate surface area is 128 Å². The Hall–Kier alpha value is -2.30. The third-order valence-electron chi connectivity index (χ3n) is 3.38. The summed E-state index contributed by atoms with van der Waals surface area (Å²) in [6.07, 6.45) is 6.54. The van der Waals surface area contributed by atoms with Crippen LogP contribution >= 0.6 is 0 Å². The van der Waals surface area contributed by atoms with Gasteiger partial charge in [-0.15, -0.1) is 6.42 Å². The van der Waals surface area contributed by atoms with E-state index in [0.717, 1.165) is 0 Å². The number of hydrogen-bond acceptors (Lipinski definition) is 5. The van der Waals surface area contributed by atoms with Crippen LogP contribution in [0, 0.1) is 26.2 Å². The third kappa shape index (κ3) is 2.71. The maximum Gasteiger partial charge on any atom is 0.335 e. The summed E-state index contributed by atoms with van der Waals surface area (Å²) in [4.78, 5) is 16.5. The van der Waals surface area contributed by atoms with Crippen molar-refractivity contribution in [1.29, 1.82) is 0 Å². The molecular weight excluding hydrogens is 306 g/mol. The van der Waals surface area contributed by atoms with Gasteiger partial charge in [-0.05, 0) is 37.1 Å². The van der Waals surface area contributed by atoms with Crippen LogP contribution in [0.5, 0.6) is 0 Å². The fourth-order valence-corrected chi connectivity index (χ4v) is 4.14. The van der Waals surface area contributed by atoms with Crippen LogP contribution in [0.2, 0.25) is 0 Å². The molecule has 1 aliphatic rings. The normalized spacial score (nSPS) is 15.4. The lowest BCUT2D eigenvalue weighted by molar-refractivity contribution is 0.0695. The zero-order valence-electron chi connectivity index (χ0n) is 12.1. The van der Waals surface area contributed by atoms with Gasteiger partial charge >= 0.3 is 5.97 Å². The molecule has 0 fully saturated rings. The van der Waals surface area contributed by atoms with Crippen LogP contribution in [-0.2, 0) is 14.7 Å². The standard InChI is InChI=1S/C15H15NO5S/c1-4-6-21-16-12-5-7-22(19,20)14-9(2)8-11(15(17)18)10(3)13(12)14/h1,5,8,16H,6-7H2,2-3H3,(H,17,18). The second-order valence-corrected chi connectivity index (χ2v) is 6.84. The fourth-order valence-electron chi connectivity index (χ4n) is 2.47. The van der Waals surface area contributed by atoms with Crippen molar-refractivity contribution < 1.29 is 23.2 Å². The summed E-state index contributed by atoms with van der Waals surface area (Å²) < 4.78 is 24.6. The molecule has 0 unspecified atom stereocenters. The molecule has 0 saturated carbocycles. The summed E-state index contributed by atoms with van der Waals surface area (Å²) in [6, 6.07) is 1.37. The number of fused-ring (bicyclic) bond motifs is 1. The van der Waals surface area contributed by atoms with Gasteiger partial charge in [0.05, 0.1) is 21.9 Å². The van der Waals surface area contributed by atoms with Crippen LogP contribution < -0.4 is 5.48 Å². The Morgan fingerprint density at radius 1 is 1.50 bits per heavy atom. The molecule has 0 aliphatic carbocycles. The van der Waals surface area contributed by atoms with Gasteiger partial charge in [-0.3, -0.25) is 10.3 Å². The molecule has 0 radical (unpaired) electrons. The van der Waals surface area contributed by atoms with Gasteiger partial charge in [0, 0.05) is 5.56 Å². The average Bonchev–Trinajstić information content (AvgIpc) is 2.43. The van der Waals surface area contributed by atoms with Crippen molar-refractivity contribution in [2.45, 2.75) is 18.7 Å². The Balaban J connectivity index is 2.68. The van der Waals surface area contributed by atoms with E-state index in [1.807, 2.05) is 0 Å². The zero-order chi connectivity index (χ0) is 16.5. The number of aryl methyl sites for hydroxylation is 1. The van der Waals surface area contributed by atoms with E-state index in [9.17, 15) is 18.3 Å². The van der Waals surface area contributed by atoms with E-state index in [2.05, 4.69) is 11.4 Å². The second-order valence-electron chi connectivity index (χ2n) is 4.87. The number of sulfone groups is 1. The number of nitrogens with one attached hydrogen (secondary N) is 1. The minimum atomic E-state index is -3.51. The molecule has 0 amide bonds. The lowest BCUT2D eigenvalue weighted by atomic mass is 9.96. The molecule has 1 aromatic carbocycles. The minimum absolute atomic E-state index is 0.00389. The maximum atomic E-state index is 12.3. The van der Waals surface area contributed by atoms with Gasteiger partial charge in [0.2, 0.25) is 0 Å². The SMILES string of the molecule is C#CCONC1=CCS(=O)(=O)c2c(C)cc(C(=O)O)c(C)c21. The van der Waals surface area contributed by atoms with Crippen molar-refractivity contribution >= 4 is 21.5 Å². The quantitative estimate of drug-likeness (QED) is 0.493. The molecule has 2 N–H and O–H groups in total. The number of aromatic carboxylic acids is 1. The highest BCUT2D eigenvalue weighted by molar-refractivity contribution is 7.91. The Kier molecular flexibility index (Phi) is 4.26. The Morgan fingerprint density at radius 3 is 2.77 bits per heavy atom. The molecule has 7 heteroatoms. The number of rotatable bonds is 4. The highest BCUT2D eigenvalue weighted by Gasteiger charge is 2.30. The van der Waals surface area contributed by atoms with E-state index >= 15 is 0 Å². The zero-order valence-corrected chi connectivity index (χ0v) is 13.0. The molecule has 0 spiro atoms. The van der Waals surface area contributed by atoms with E-state index in [-0.39, 0.29) is 22.8 Å². The van der Waals surface area contributed by atoms with E-state index in [0.29, 0.717) is 22.4 Å². The number of hydroxylamine groups is 1. The topological polar surface area (TPSA) is 92.7 Å². The Bertz CT molecular complexity index is 815. The monoisotopic (exact) mass is 321 g/mol. The number of terminal acetylenes is 1. The molecule has 0 bridgehead atoms. The van der Waals surface area contributed by atoms with Crippen LogP contribution in [0.15, 0.2) is 17.0 Å². The van der Waals surface area contributed by atoms with E-state index < -0.39 is 15.8 Å². The third-order valence-corrected chi connectivity index (χ3v) is 5.13. The first-order chi connectivity index (χ1) is 10.3. The predicted molar refractivity (Wildman–Crippen MR) is 80.8 cm³/mol. The largest absolute Gasteiger partial charge is 0.478 e. The first-order valence-corrected chi connectivity index (χ1v) is 8.07. The van der Waals surface area contributed by atoms with Crippen molar-refractivity contribution in [3.05, 3.63) is 34.4 Å². The molecule has 1 aromatic rings. The van der Waals surface area contributed by atoms with Crippen LogP contribution in [0.4, 0.5) is 0 Å². The fraction of sp³-hybridized carbons (Fsp3) is 0.267. The number of carboxylic acid groups (broad SMARTS) is 1. The molecule has 1 heterocycles. The van der Waals surface area contributed by atoms with Crippen molar-refractivity contribution in [3.8, 4) is 12.3 Å². The number of carboxylic acids is 1. The first-order valence-electron chi connectivity index (χ1n) is 6.41. The summed E-state index contributed by atoms with van der Waals surface area (Å²) >= 11 is 0. The summed E-state index contributed by atoms with van der Waals surface area (Å²) in [5, 5.41) is 9.28. The van der Waals surface area contributed by atoms with E-state index in [4.69, 9.17) is 11.3 Å². The average molecular weight is 321 g/mol. The molecule has 1 aliphatic heterocycles. The number of benzene rings is 1. The lowest BCUT2D eigenvalue weighted by Crippen LogP contribution is -2.24. The molecule has 116 valence electrons. The van der Waals surface area contributed by atoms with E-state index in [1.54, 1.807) is 13.8 Å². The number of hydrogen-bond donors (Lipinski definition) is 2. The summed E-state index contributed by atoms with van der Waals surface area (Å²) in [6.45, 7) is 3.14. The summed E-state index contributed by atoms with van der Waals surface area (Å²) in [7, 11) is -3.51. The first kappa shape index (κ1) is 16.1. The van der Waals surface area contributed by atoms with Gasteiger partial charge in [0.25, 0.3) is 0 Å². The van der Waals surface area contributed by atoms with Gasteiger partial charge < -0.3 is 5.11 Å². The second kappa shape index (κ2) is 5.83. The van der Waals surface area contributed by atoms with E-state index in [1.165, 1.54) is 12.1 Å². The van der Waals surface area contributed by atoms with Crippen LogP contribution in [0.1, 0.15) is 27.0 Å². The predicted octanol–water partition coefficient (Wildman–Crippen LogP) is 1.28. The van der Waals surface area contributed by atoms with Crippen molar-refractivity contribution in [2.24, 2.45) is 0 Å². The van der Waals surface area contributed by atoms with Crippen LogP contribution in [0.25, 0.3) is 5.70 Å². The van der Waals surface area contributed by atoms with Crippen molar-refractivity contribution in [2.75, 3.05) is 12.4 Å². The molecular formula is C15H15NO5S. The Morgan fingerprint density at radius 2 is 2.18 bits per heavy atom. The van der Waals surface area contributed by atoms with Gasteiger partial charge in [-0.1, -0.05) is 5.92 Å². The van der Waals surface area contributed by atoms with Gasteiger partial charge in [0.1, 0.15) is 6.61 Å². The van der Waals surface area contributed by atoms with Crippen molar-refractivity contribution in [1.82, 2.24) is 5.48 Å².